The fraction of sp³-hybridized carbons (Fsp3) is 0.462. The third-order valence-electron chi connectivity index (χ3n) is 1.98. The minimum atomic E-state index is -4.40. The molecule has 0 aliphatic carbocycles. The lowest BCUT2D eigenvalue weighted by Crippen LogP contribution is -2.43. The molecule has 0 unspecified atom stereocenters. The van der Waals surface area contributed by atoms with Crippen molar-refractivity contribution >= 4 is 11.7 Å². The van der Waals surface area contributed by atoms with E-state index >= 15 is 0 Å². The van der Waals surface area contributed by atoms with Crippen molar-refractivity contribution in [2.75, 3.05) is 11.9 Å². The zero-order valence-corrected chi connectivity index (χ0v) is 11.5. The monoisotopic (exact) mass is 290 g/mol. The van der Waals surface area contributed by atoms with Crippen molar-refractivity contribution in [3.63, 3.8) is 0 Å². The van der Waals surface area contributed by atoms with Crippen molar-refractivity contribution in [3.8, 4) is 5.75 Å². The number of amides is 2. The molecular formula is C13H17F3N2O2. The van der Waals surface area contributed by atoms with Crippen molar-refractivity contribution in [1.29, 1.82) is 0 Å². The highest BCUT2D eigenvalue weighted by molar-refractivity contribution is 5.89. The second-order valence-electron chi connectivity index (χ2n) is 5.26. The topological polar surface area (TPSA) is 50.4 Å². The van der Waals surface area contributed by atoms with E-state index in [4.69, 9.17) is 0 Å². The van der Waals surface area contributed by atoms with Crippen LogP contribution in [0.1, 0.15) is 20.8 Å². The Morgan fingerprint density at radius 2 is 1.90 bits per heavy atom. The van der Waals surface area contributed by atoms with Crippen LogP contribution in [0.3, 0.4) is 0 Å². The SMILES string of the molecule is CC(C)(C)NC(=O)Nc1cccc(OCC(F)(F)F)c1. The highest BCUT2D eigenvalue weighted by Crippen LogP contribution is 2.21. The second-order valence-corrected chi connectivity index (χ2v) is 5.26. The number of halogens is 3. The Morgan fingerprint density at radius 1 is 1.25 bits per heavy atom. The molecule has 112 valence electrons. The summed E-state index contributed by atoms with van der Waals surface area (Å²) in [5, 5.41) is 5.20. The number of nitrogens with one attached hydrogen (secondary N) is 2. The van der Waals surface area contributed by atoms with Gasteiger partial charge in [0.15, 0.2) is 6.61 Å². The average molecular weight is 290 g/mol. The largest absolute Gasteiger partial charge is 0.484 e. The summed E-state index contributed by atoms with van der Waals surface area (Å²) in [4.78, 5) is 11.6. The Hall–Kier alpha value is -1.92. The minimum absolute atomic E-state index is 0.0379. The van der Waals surface area contributed by atoms with E-state index in [1.807, 2.05) is 20.8 Å². The molecule has 0 aliphatic rings. The molecular weight excluding hydrogens is 273 g/mol. The van der Waals surface area contributed by atoms with E-state index in [0.29, 0.717) is 5.69 Å². The summed E-state index contributed by atoms with van der Waals surface area (Å²) in [6.45, 7) is 4.07. The average Bonchev–Trinajstić information content (AvgIpc) is 2.23. The zero-order chi connectivity index (χ0) is 15.4. The van der Waals surface area contributed by atoms with Gasteiger partial charge in [-0.3, -0.25) is 0 Å². The van der Waals surface area contributed by atoms with E-state index in [1.54, 1.807) is 6.07 Å². The van der Waals surface area contributed by atoms with E-state index in [-0.39, 0.29) is 5.75 Å². The molecule has 0 radical (unpaired) electrons. The number of ether oxygens (including phenoxy) is 1. The fourth-order valence-electron chi connectivity index (χ4n) is 1.33. The first kappa shape index (κ1) is 16.1. The van der Waals surface area contributed by atoms with Gasteiger partial charge in [-0.2, -0.15) is 13.2 Å². The molecule has 7 heteroatoms. The van der Waals surface area contributed by atoms with Crippen molar-refractivity contribution < 1.29 is 22.7 Å². The first-order chi connectivity index (χ1) is 9.05. The van der Waals surface area contributed by atoms with Crippen molar-refractivity contribution in [2.24, 2.45) is 0 Å². The molecule has 0 bridgehead atoms. The number of hydrogen-bond donors (Lipinski definition) is 2. The summed E-state index contributed by atoms with van der Waals surface area (Å²) in [6.07, 6.45) is -4.40. The lowest BCUT2D eigenvalue weighted by molar-refractivity contribution is -0.153. The van der Waals surface area contributed by atoms with E-state index < -0.39 is 24.4 Å². The molecule has 0 aliphatic heterocycles. The molecule has 1 rings (SSSR count). The molecule has 2 N–H and O–H groups in total. The molecule has 0 spiro atoms. The minimum Gasteiger partial charge on any atom is -0.484 e. The van der Waals surface area contributed by atoms with Crippen LogP contribution in [0.25, 0.3) is 0 Å². The van der Waals surface area contributed by atoms with Gasteiger partial charge in [0.05, 0.1) is 0 Å². The van der Waals surface area contributed by atoms with Crippen molar-refractivity contribution in [1.82, 2.24) is 5.32 Å². The molecule has 20 heavy (non-hydrogen) atoms. The fourth-order valence-corrected chi connectivity index (χ4v) is 1.33. The van der Waals surface area contributed by atoms with E-state index in [2.05, 4.69) is 15.4 Å². The summed E-state index contributed by atoms with van der Waals surface area (Å²) in [7, 11) is 0. The smallest absolute Gasteiger partial charge is 0.422 e. The molecule has 1 aromatic rings. The van der Waals surface area contributed by atoms with Gasteiger partial charge in [-0.15, -0.1) is 0 Å². The normalized spacial score (nSPS) is 11.9. The van der Waals surface area contributed by atoms with Gasteiger partial charge in [0.1, 0.15) is 5.75 Å². The molecule has 0 atom stereocenters. The summed E-state index contributed by atoms with van der Waals surface area (Å²) < 4.78 is 40.7. The van der Waals surface area contributed by atoms with E-state index in [9.17, 15) is 18.0 Å². The summed E-state index contributed by atoms with van der Waals surface area (Å²) in [5.74, 6) is 0.0379. The van der Waals surface area contributed by atoms with Crippen LogP contribution in [-0.2, 0) is 0 Å². The molecule has 1 aromatic carbocycles. The van der Waals surface area contributed by atoms with Gasteiger partial charge < -0.3 is 15.4 Å². The number of rotatable bonds is 3. The van der Waals surface area contributed by atoms with Gasteiger partial charge in [-0.1, -0.05) is 6.07 Å². The maximum Gasteiger partial charge on any atom is 0.422 e. The van der Waals surface area contributed by atoms with Gasteiger partial charge in [0, 0.05) is 17.3 Å². The van der Waals surface area contributed by atoms with Gasteiger partial charge in [-0.05, 0) is 32.9 Å². The van der Waals surface area contributed by atoms with Crippen LogP contribution in [0, 0.1) is 0 Å². The standard InChI is InChI=1S/C13H17F3N2O2/c1-12(2,3)18-11(19)17-9-5-4-6-10(7-9)20-8-13(14,15)16/h4-7H,8H2,1-3H3,(H2,17,18,19). The summed E-state index contributed by atoms with van der Waals surface area (Å²) >= 11 is 0. The van der Waals surface area contributed by atoms with E-state index in [1.165, 1.54) is 18.2 Å². The van der Waals surface area contributed by atoms with Gasteiger partial charge in [0.2, 0.25) is 0 Å². The molecule has 4 nitrogen and oxygen atoms in total. The lowest BCUT2D eigenvalue weighted by atomic mass is 10.1. The van der Waals surface area contributed by atoms with Crippen LogP contribution in [-0.4, -0.2) is 24.4 Å². The van der Waals surface area contributed by atoms with Gasteiger partial charge in [0.25, 0.3) is 0 Å². The maximum atomic E-state index is 12.0. The Kier molecular flexibility index (Phi) is 4.86. The van der Waals surface area contributed by atoms with Crippen LogP contribution < -0.4 is 15.4 Å². The first-order valence-electron chi connectivity index (χ1n) is 5.94. The predicted octanol–water partition coefficient (Wildman–Crippen LogP) is 3.55. The highest BCUT2D eigenvalue weighted by atomic mass is 19.4. The van der Waals surface area contributed by atoms with Gasteiger partial charge >= 0.3 is 12.2 Å². The Labute approximate surface area is 115 Å². The summed E-state index contributed by atoms with van der Waals surface area (Å²) in [6, 6.07) is 5.33. The third-order valence-corrected chi connectivity index (χ3v) is 1.98. The van der Waals surface area contributed by atoms with Gasteiger partial charge in [-0.25, -0.2) is 4.79 Å². The number of alkyl halides is 3. The van der Waals surface area contributed by atoms with Crippen LogP contribution in [0.15, 0.2) is 24.3 Å². The Morgan fingerprint density at radius 3 is 2.45 bits per heavy atom. The first-order valence-corrected chi connectivity index (χ1v) is 5.94. The second kappa shape index (κ2) is 6.02. The molecule has 2 amide bonds. The van der Waals surface area contributed by atoms with Crippen LogP contribution in [0.5, 0.6) is 5.75 Å². The number of anilines is 1. The van der Waals surface area contributed by atoms with E-state index in [0.717, 1.165) is 0 Å². The number of benzene rings is 1. The highest BCUT2D eigenvalue weighted by Gasteiger charge is 2.28. The van der Waals surface area contributed by atoms with Crippen LogP contribution >= 0.6 is 0 Å². The van der Waals surface area contributed by atoms with Crippen LogP contribution in [0.2, 0.25) is 0 Å². The Bertz CT molecular complexity index is 467. The lowest BCUT2D eigenvalue weighted by Gasteiger charge is -2.20. The number of carbonyl (C=O) groups excluding carboxylic acids is 1. The third kappa shape index (κ3) is 6.86. The summed E-state index contributed by atoms with van der Waals surface area (Å²) in [5.41, 5.74) is -0.0551. The number of urea groups is 1. The van der Waals surface area contributed by atoms with Crippen molar-refractivity contribution in [3.05, 3.63) is 24.3 Å². The number of carbonyl (C=O) groups is 1. The molecule has 0 saturated carbocycles. The van der Waals surface area contributed by atoms with Crippen molar-refractivity contribution in [2.45, 2.75) is 32.5 Å². The molecule has 0 heterocycles. The maximum absolute atomic E-state index is 12.0. The Balaban J connectivity index is 2.62. The molecule has 0 fully saturated rings. The molecule has 0 saturated heterocycles. The quantitative estimate of drug-likeness (QED) is 0.894. The zero-order valence-electron chi connectivity index (χ0n) is 11.5. The number of hydrogen-bond acceptors (Lipinski definition) is 2. The molecule has 0 aromatic heterocycles. The predicted molar refractivity (Wildman–Crippen MR) is 69.9 cm³/mol. The van der Waals surface area contributed by atoms with Crippen LogP contribution in [0.4, 0.5) is 23.7 Å².